The summed E-state index contributed by atoms with van der Waals surface area (Å²) in [7, 11) is 0. The van der Waals surface area contributed by atoms with Crippen LogP contribution in [-0.4, -0.2) is 37.7 Å². The highest BCUT2D eigenvalue weighted by atomic mass is 32.1. The molecule has 0 spiro atoms. The summed E-state index contributed by atoms with van der Waals surface area (Å²) in [6.07, 6.45) is 4.21. The lowest BCUT2D eigenvalue weighted by molar-refractivity contribution is -0.142. The summed E-state index contributed by atoms with van der Waals surface area (Å²) in [6, 6.07) is 18.8. The average molecular weight is 488 g/mol. The number of thiophene rings is 1. The quantitative estimate of drug-likeness (QED) is 0.393. The van der Waals surface area contributed by atoms with Crippen molar-refractivity contribution in [3.63, 3.8) is 0 Å². The molecule has 1 saturated carbocycles. The first-order valence-corrected chi connectivity index (χ1v) is 12.9. The summed E-state index contributed by atoms with van der Waals surface area (Å²) >= 11 is 1.58. The van der Waals surface area contributed by atoms with Crippen LogP contribution < -0.4 is 5.32 Å². The Morgan fingerprint density at radius 3 is 2.63 bits per heavy atom. The Morgan fingerprint density at radius 2 is 1.86 bits per heavy atom. The number of carbonyl (C=O) groups excluding carboxylic acids is 2. The van der Waals surface area contributed by atoms with Crippen molar-refractivity contribution in [1.29, 1.82) is 0 Å². The third-order valence-corrected chi connectivity index (χ3v) is 7.54. The second kappa shape index (κ2) is 10.4. The van der Waals surface area contributed by atoms with Gasteiger partial charge in [-0.1, -0.05) is 60.5 Å². The molecule has 2 aromatic heterocycles. The number of aromatic nitrogens is 3. The van der Waals surface area contributed by atoms with Gasteiger partial charge in [-0.2, -0.15) is 0 Å². The normalized spacial score (nSPS) is 14.8. The standard InChI is InChI=1S/C27H29N5O2S/c1-19-9-2-5-13-22(19)26(27(34)28-20-10-3-4-11-20)31(17-21-12-8-16-35-21)25(33)18-32-24-15-7-6-14-23(24)29-30-32/h2,5-9,12-16,20,26H,3-4,10-11,17-18H2,1H3,(H,28,34)/t26-/m0/s1. The van der Waals surface area contributed by atoms with E-state index in [1.807, 2.05) is 73.0 Å². The zero-order valence-electron chi connectivity index (χ0n) is 19.8. The van der Waals surface area contributed by atoms with Crippen molar-refractivity contribution in [3.8, 4) is 0 Å². The zero-order valence-corrected chi connectivity index (χ0v) is 20.6. The van der Waals surface area contributed by atoms with Crippen LogP contribution in [-0.2, 0) is 22.7 Å². The minimum atomic E-state index is -0.735. The van der Waals surface area contributed by atoms with E-state index in [0.717, 1.165) is 52.7 Å². The molecule has 1 fully saturated rings. The maximum absolute atomic E-state index is 13.9. The molecule has 8 heteroatoms. The molecule has 2 amide bonds. The van der Waals surface area contributed by atoms with Crippen LogP contribution in [0.3, 0.4) is 0 Å². The molecule has 0 aliphatic heterocycles. The van der Waals surface area contributed by atoms with Crippen molar-refractivity contribution in [2.75, 3.05) is 0 Å². The number of nitrogens with one attached hydrogen (secondary N) is 1. The molecule has 0 radical (unpaired) electrons. The fourth-order valence-corrected chi connectivity index (χ4v) is 5.54. The fraction of sp³-hybridized carbons (Fsp3) is 0.333. The van der Waals surface area contributed by atoms with Gasteiger partial charge in [0.25, 0.3) is 0 Å². The number of benzene rings is 2. The van der Waals surface area contributed by atoms with Gasteiger partial charge in [0.15, 0.2) is 0 Å². The van der Waals surface area contributed by atoms with Crippen molar-refractivity contribution >= 4 is 34.2 Å². The Kier molecular flexibility index (Phi) is 6.90. The Balaban J connectivity index is 1.52. The first-order chi connectivity index (χ1) is 17.1. The molecule has 5 rings (SSSR count). The smallest absolute Gasteiger partial charge is 0.247 e. The number of aryl methyl sites for hydroxylation is 1. The maximum atomic E-state index is 13.9. The van der Waals surface area contributed by atoms with Gasteiger partial charge in [-0.15, -0.1) is 16.4 Å². The minimum Gasteiger partial charge on any atom is -0.351 e. The van der Waals surface area contributed by atoms with E-state index < -0.39 is 6.04 Å². The third kappa shape index (κ3) is 5.12. The summed E-state index contributed by atoms with van der Waals surface area (Å²) in [5, 5.41) is 13.6. The van der Waals surface area contributed by atoms with Gasteiger partial charge in [-0.25, -0.2) is 4.68 Å². The van der Waals surface area contributed by atoms with Crippen LogP contribution in [0.1, 0.15) is 47.7 Å². The minimum absolute atomic E-state index is 0.00494. The van der Waals surface area contributed by atoms with E-state index in [4.69, 9.17) is 0 Å². The van der Waals surface area contributed by atoms with Gasteiger partial charge in [0.1, 0.15) is 18.1 Å². The Hall–Kier alpha value is -3.52. The fourth-order valence-electron chi connectivity index (χ4n) is 4.84. The molecule has 1 N–H and O–H groups in total. The summed E-state index contributed by atoms with van der Waals surface area (Å²) in [5.74, 6) is -0.302. The number of hydrogen-bond acceptors (Lipinski definition) is 5. The highest BCUT2D eigenvalue weighted by Crippen LogP contribution is 2.29. The lowest BCUT2D eigenvalue weighted by atomic mass is 9.98. The van der Waals surface area contributed by atoms with Crippen LogP contribution in [0, 0.1) is 6.92 Å². The highest BCUT2D eigenvalue weighted by Gasteiger charge is 2.34. The molecule has 0 saturated heterocycles. The van der Waals surface area contributed by atoms with Gasteiger partial charge >= 0.3 is 0 Å². The van der Waals surface area contributed by atoms with Crippen LogP contribution in [0.2, 0.25) is 0 Å². The highest BCUT2D eigenvalue weighted by molar-refractivity contribution is 7.09. The Bertz CT molecular complexity index is 1310. The van der Waals surface area contributed by atoms with E-state index in [-0.39, 0.29) is 24.4 Å². The van der Waals surface area contributed by atoms with E-state index >= 15 is 0 Å². The van der Waals surface area contributed by atoms with Gasteiger partial charge in [0.2, 0.25) is 11.8 Å². The molecule has 35 heavy (non-hydrogen) atoms. The molecule has 0 bridgehead atoms. The molecule has 7 nitrogen and oxygen atoms in total. The Labute approximate surface area is 208 Å². The molecule has 0 unspecified atom stereocenters. The van der Waals surface area contributed by atoms with Gasteiger partial charge < -0.3 is 10.2 Å². The maximum Gasteiger partial charge on any atom is 0.247 e. The number of rotatable bonds is 8. The van der Waals surface area contributed by atoms with E-state index in [9.17, 15) is 9.59 Å². The van der Waals surface area contributed by atoms with Crippen LogP contribution in [0.4, 0.5) is 0 Å². The monoisotopic (exact) mass is 487 g/mol. The van der Waals surface area contributed by atoms with E-state index in [2.05, 4.69) is 15.6 Å². The van der Waals surface area contributed by atoms with Crippen LogP contribution in [0.15, 0.2) is 66.0 Å². The number of para-hydroxylation sites is 1. The summed E-state index contributed by atoms with van der Waals surface area (Å²) in [4.78, 5) is 30.4. The van der Waals surface area contributed by atoms with Gasteiger partial charge in [-0.05, 0) is 54.5 Å². The summed E-state index contributed by atoms with van der Waals surface area (Å²) in [5.41, 5.74) is 3.35. The average Bonchev–Trinajstić information content (AvgIpc) is 3.63. The summed E-state index contributed by atoms with van der Waals surface area (Å²) < 4.78 is 1.61. The van der Waals surface area contributed by atoms with Crippen molar-refractivity contribution in [2.24, 2.45) is 0 Å². The lowest BCUT2D eigenvalue weighted by Gasteiger charge is -2.33. The molecule has 2 heterocycles. The van der Waals surface area contributed by atoms with E-state index in [1.165, 1.54) is 0 Å². The first kappa shape index (κ1) is 23.2. The predicted molar refractivity (Wildman–Crippen MR) is 137 cm³/mol. The molecule has 1 atom stereocenters. The first-order valence-electron chi connectivity index (χ1n) is 12.1. The molecule has 2 aromatic carbocycles. The number of fused-ring (bicyclic) bond motifs is 1. The molecule has 180 valence electrons. The van der Waals surface area contributed by atoms with Crippen molar-refractivity contribution in [3.05, 3.63) is 82.0 Å². The number of hydrogen-bond donors (Lipinski definition) is 1. The third-order valence-electron chi connectivity index (χ3n) is 6.68. The predicted octanol–water partition coefficient (Wildman–Crippen LogP) is 4.63. The van der Waals surface area contributed by atoms with Gasteiger partial charge in [0, 0.05) is 10.9 Å². The van der Waals surface area contributed by atoms with Crippen LogP contribution >= 0.6 is 11.3 Å². The number of carbonyl (C=O) groups is 2. The van der Waals surface area contributed by atoms with E-state index in [0.29, 0.717) is 6.54 Å². The molecule has 1 aliphatic carbocycles. The summed E-state index contributed by atoms with van der Waals surface area (Å²) in [6.45, 7) is 2.34. The number of nitrogens with zero attached hydrogens (tertiary/aromatic N) is 4. The van der Waals surface area contributed by atoms with Crippen LogP contribution in [0.25, 0.3) is 11.0 Å². The lowest BCUT2D eigenvalue weighted by Crippen LogP contribution is -2.46. The SMILES string of the molecule is Cc1ccccc1[C@@H](C(=O)NC1CCCC1)N(Cc1cccs1)C(=O)Cn1nnc2ccccc21. The molecule has 1 aliphatic rings. The largest absolute Gasteiger partial charge is 0.351 e. The zero-order chi connectivity index (χ0) is 24.2. The van der Waals surface area contributed by atoms with Crippen molar-refractivity contribution in [1.82, 2.24) is 25.2 Å². The van der Waals surface area contributed by atoms with E-state index in [1.54, 1.807) is 20.9 Å². The van der Waals surface area contributed by atoms with Crippen LogP contribution in [0.5, 0.6) is 0 Å². The second-order valence-corrected chi connectivity index (χ2v) is 10.1. The van der Waals surface area contributed by atoms with Crippen molar-refractivity contribution < 1.29 is 9.59 Å². The van der Waals surface area contributed by atoms with Gasteiger partial charge in [0.05, 0.1) is 12.1 Å². The van der Waals surface area contributed by atoms with Crippen molar-refractivity contribution in [2.45, 2.75) is 57.8 Å². The topological polar surface area (TPSA) is 80.1 Å². The number of amides is 2. The molecular formula is C27H29N5O2S. The molecular weight excluding hydrogens is 458 g/mol. The second-order valence-electron chi connectivity index (χ2n) is 9.09. The Morgan fingerprint density at radius 1 is 1.09 bits per heavy atom. The molecule has 4 aromatic rings. The van der Waals surface area contributed by atoms with Gasteiger partial charge in [-0.3, -0.25) is 9.59 Å².